The number of carbonyl (C=O) groups is 1. The second-order valence-electron chi connectivity index (χ2n) is 3.60. The van der Waals surface area contributed by atoms with Crippen LogP contribution in [0.15, 0.2) is 30.3 Å². The molecule has 0 saturated heterocycles. The predicted octanol–water partition coefficient (Wildman–Crippen LogP) is 1.88. The molecule has 0 fully saturated rings. The van der Waals surface area contributed by atoms with Crippen molar-refractivity contribution in [2.45, 2.75) is 12.8 Å². The maximum atomic E-state index is 10.6. The van der Waals surface area contributed by atoms with Gasteiger partial charge in [0.1, 0.15) is 6.61 Å². The minimum absolute atomic E-state index is 0.121. The van der Waals surface area contributed by atoms with Crippen LogP contribution in [0.25, 0.3) is 0 Å². The maximum absolute atomic E-state index is 10.6. The van der Waals surface area contributed by atoms with Gasteiger partial charge < -0.3 is 15.2 Å². The Balaban J connectivity index is 2.64. The third kappa shape index (κ3) is 5.01. The van der Waals surface area contributed by atoms with Gasteiger partial charge in [-0.1, -0.05) is 30.3 Å². The molecule has 1 atom stereocenters. The lowest BCUT2D eigenvalue weighted by Crippen LogP contribution is -2.21. The van der Waals surface area contributed by atoms with E-state index < -0.39 is 6.09 Å². The minimum Gasteiger partial charge on any atom is -0.481 e. The first-order chi connectivity index (χ1) is 8.09. The van der Waals surface area contributed by atoms with Crippen molar-refractivity contribution in [1.82, 2.24) is 0 Å². The molecule has 0 aromatic heterocycles. The second-order valence-corrected chi connectivity index (χ2v) is 3.60. The number of hydrogen-bond donors (Lipinski definition) is 2. The lowest BCUT2D eigenvalue weighted by atomic mass is 10.0. The fourth-order valence-electron chi connectivity index (χ4n) is 1.37. The van der Waals surface area contributed by atoms with Crippen molar-refractivity contribution in [1.29, 1.82) is 5.41 Å². The first-order valence-electron chi connectivity index (χ1n) is 5.24. The van der Waals surface area contributed by atoms with Gasteiger partial charge in [-0.3, -0.25) is 5.41 Å². The molecule has 1 aromatic rings. The van der Waals surface area contributed by atoms with Crippen LogP contribution in [-0.4, -0.2) is 25.2 Å². The summed E-state index contributed by atoms with van der Waals surface area (Å²) >= 11 is 0. The molecule has 1 aromatic carbocycles. The van der Waals surface area contributed by atoms with E-state index in [2.05, 4.69) is 0 Å². The highest BCUT2D eigenvalue weighted by Gasteiger charge is 2.14. The van der Waals surface area contributed by atoms with Crippen molar-refractivity contribution in [3.63, 3.8) is 0 Å². The van der Waals surface area contributed by atoms with E-state index in [-0.39, 0.29) is 25.0 Å². The quantitative estimate of drug-likeness (QED) is 0.604. The third-order valence-electron chi connectivity index (χ3n) is 2.20. The zero-order chi connectivity index (χ0) is 12.7. The van der Waals surface area contributed by atoms with Gasteiger partial charge in [0.25, 0.3) is 0 Å². The number of primary amides is 1. The molecule has 0 bridgehead atoms. The van der Waals surface area contributed by atoms with Gasteiger partial charge in [0.2, 0.25) is 0 Å². The first kappa shape index (κ1) is 13.0. The molecule has 0 aliphatic rings. The highest BCUT2D eigenvalue weighted by atomic mass is 16.5. The Morgan fingerprint density at radius 2 is 1.88 bits per heavy atom. The molecule has 1 amide bonds. The van der Waals surface area contributed by atoms with Gasteiger partial charge >= 0.3 is 6.09 Å². The van der Waals surface area contributed by atoms with Crippen LogP contribution in [0.4, 0.5) is 4.79 Å². The fraction of sp³-hybridized carbons (Fsp3) is 0.333. The van der Waals surface area contributed by atoms with E-state index in [1.807, 2.05) is 30.3 Å². The van der Waals surface area contributed by atoms with Gasteiger partial charge in [0.15, 0.2) is 5.90 Å². The Bertz CT molecular complexity index is 361. The largest absolute Gasteiger partial charge is 0.481 e. The Morgan fingerprint density at radius 1 is 1.29 bits per heavy atom. The van der Waals surface area contributed by atoms with Crippen molar-refractivity contribution in [2.24, 2.45) is 5.73 Å². The highest BCUT2D eigenvalue weighted by molar-refractivity contribution is 5.69. The van der Waals surface area contributed by atoms with Crippen LogP contribution in [0.5, 0.6) is 0 Å². The number of ether oxygens (including phenoxy) is 2. The van der Waals surface area contributed by atoms with Gasteiger partial charge in [-0.05, 0) is 5.56 Å². The van der Waals surface area contributed by atoms with Gasteiger partial charge in [-0.15, -0.1) is 0 Å². The van der Waals surface area contributed by atoms with E-state index in [1.165, 1.54) is 0 Å². The van der Waals surface area contributed by atoms with Crippen molar-refractivity contribution >= 4 is 12.0 Å². The highest BCUT2D eigenvalue weighted by Crippen LogP contribution is 2.16. The average molecular weight is 236 g/mol. The topological polar surface area (TPSA) is 85.4 Å². The summed E-state index contributed by atoms with van der Waals surface area (Å²) in [7, 11) is 0. The summed E-state index contributed by atoms with van der Waals surface area (Å²) in [6.07, 6.45) is -0.808. The molecule has 1 rings (SSSR count). The molecule has 0 aliphatic heterocycles. The standard InChI is InChI=1S/C12H16N2O3/c1-9(13)16-7-11(8-17-12(14)15)10-5-3-2-4-6-10/h2-6,11,13H,7-8H2,1H3,(H2,14,15). The van der Waals surface area contributed by atoms with Crippen LogP contribution >= 0.6 is 0 Å². The molecular formula is C12H16N2O3. The number of rotatable bonds is 5. The summed E-state index contributed by atoms with van der Waals surface area (Å²) in [5, 5.41) is 7.21. The van der Waals surface area contributed by atoms with E-state index in [1.54, 1.807) is 6.92 Å². The second kappa shape index (κ2) is 6.52. The molecular weight excluding hydrogens is 220 g/mol. The SMILES string of the molecule is CC(=N)OCC(COC(N)=O)c1ccccc1. The predicted molar refractivity (Wildman–Crippen MR) is 64.1 cm³/mol. The zero-order valence-corrected chi connectivity index (χ0v) is 9.68. The monoisotopic (exact) mass is 236 g/mol. The Morgan fingerprint density at radius 3 is 2.41 bits per heavy atom. The Labute approximate surface area is 100 Å². The Hall–Kier alpha value is -2.04. The Kier molecular flexibility index (Phi) is 5.00. The molecule has 5 heteroatoms. The molecule has 17 heavy (non-hydrogen) atoms. The number of nitrogens with one attached hydrogen (secondary N) is 1. The van der Waals surface area contributed by atoms with Crippen molar-refractivity contribution in [3.05, 3.63) is 35.9 Å². The lowest BCUT2D eigenvalue weighted by Gasteiger charge is -2.17. The van der Waals surface area contributed by atoms with E-state index in [9.17, 15) is 4.79 Å². The van der Waals surface area contributed by atoms with Gasteiger partial charge in [-0.2, -0.15) is 0 Å². The van der Waals surface area contributed by atoms with Crippen molar-refractivity contribution in [2.75, 3.05) is 13.2 Å². The molecule has 5 nitrogen and oxygen atoms in total. The van der Waals surface area contributed by atoms with Crippen LogP contribution in [0.3, 0.4) is 0 Å². The van der Waals surface area contributed by atoms with E-state index >= 15 is 0 Å². The third-order valence-corrected chi connectivity index (χ3v) is 2.20. The maximum Gasteiger partial charge on any atom is 0.404 e. The molecule has 0 heterocycles. The van der Waals surface area contributed by atoms with Gasteiger partial charge in [0, 0.05) is 6.92 Å². The average Bonchev–Trinajstić information content (AvgIpc) is 2.29. The van der Waals surface area contributed by atoms with Crippen LogP contribution in [-0.2, 0) is 9.47 Å². The van der Waals surface area contributed by atoms with Crippen LogP contribution in [0, 0.1) is 5.41 Å². The van der Waals surface area contributed by atoms with Crippen molar-refractivity contribution < 1.29 is 14.3 Å². The summed E-state index contributed by atoms with van der Waals surface area (Å²) < 4.78 is 9.92. The first-order valence-corrected chi connectivity index (χ1v) is 5.24. The summed E-state index contributed by atoms with van der Waals surface area (Å²) in [5.41, 5.74) is 5.91. The summed E-state index contributed by atoms with van der Waals surface area (Å²) in [6, 6.07) is 9.52. The van der Waals surface area contributed by atoms with Gasteiger partial charge in [-0.25, -0.2) is 4.79 Å². The van der Waals surface area contributed by atoms with Crippen molar-refractivity contribution in [3.8, 4) is 0 Å². The molecule has 0 aliphatic carbocycles. The van der Waals surface area contributed by atoms with Crippen LogP contribution in [0.1, 0.15) is 18.4 Å². The van der Waals surface area contributed by atoms with E-state index in [0.29, 0.717) is 0 Å². The molecule has 0 radical (unpaired) electrons. The van der Waals surface area contributed by atoms with Gasteiger partial charge in [0.05, 0.1) is 12.5 Å². The number of hydrogen-bond acceptors (Lipinski definition) is 4. The smallest absolute Gasteiger partial charge is 0.404 e. The number of amides is 1. The molecule has 0 spiro atoms. The summed E-state index contributed by atoms with van der Waals surface area (Å²) in [6.45, 7) is 1.98. The number of benzene rings is 1. The molecule has 3 N–H and O–H groups in total. The molecule has 92 valence electrons. The van der Waals surface area contributed by atoms with Crippen LogP contribution in [0.2, 0.25) is 0 Å². The minimum atomic E-state index is -0.808. The molecule has 1 unspecified atom stereocenters. The van der Waals surface area contributed by atoms with Crippen LogP contribution < -0.4 is 5.73 Å². The zero-order valence-electron chi connectivity index (χ0n) is 9.68. The summed E-state index contributed by atoms with van der Waals surface area (Å²) in [4.78, 5) is 10.6. The van der Waals surface area contributed by atoms with E-state index in [0.717, 1.165) is 5.56 Å². The fourth-order valence-corrected chi connectivity index (χ4v) is 1.37. The normalized spacial score (nSPS) is 11.6. The lowest BCUT2D eigenvalue weighted by molar-refractivity contribution is 0.135. The summed E-state index contributed by atoms with van der Waals surface area (Å²) in [5.74, 6) is 0.00834. The molecule has 0 saturated carbocycles. The number of nitrogens with two attached hydrogens (primary N) is 1. The number of carbonyl (C=O) groups excluding carboxylic acids is 1. The van der Waals surface area contributed by atoms with E-state index in [4.69, 9.17) is 20.6 Å².